The molecule has 32 heavy (non-hydrogen) atoms. The maximum Gasteiger partial charge on any atom is 0.490 e. The molecule has 1 aliphatic rings. The van der Waals surface area contributed by atoms with Crippen LogP contribution in [-0.2, 0) is 31.6 Å². The minimum absolute atomic E-state index is 0.294. The van der Waals surface area contributed by atoms with E-state index in [9.17, 15) is 32.9 Å². The fourth-order valence-corrected chi connectivity index (χ4v) is 5.38. The number of alkyl halides is 1. The van der Waals surface area contributed by atoms with Gasteiger partial charge in [0, 0.05) is 0 Å². The number of terminal acetylenes is 1. The summed E-state index contributed by atoms with van der Waals surface area (Å²) in [6.45, 7) is -3.69. The lowest BCUT2D eigenvalue weighted by Gasteiger charge is -2.25. The number of nitrogens with zero attached hydrogens (tertiary/aromatic N) is 2. The number of hydrogen-bond donors (Lipinski definition) is 6. The summed E-state index contributed by atoms with van der Waals surface area (Å²) in [6.07, 6.45) is -1.26. The minimum Gasteiger partial charge on any atom is -0.387 e. The van der Waals surface area contributed by atoms with Crippen LogP contribution in [0.2, 0.25) is 0 Å². The highest BCUT2D eigenvalue weighted by Crippen LogP contribution is 2.66. The van der Waals surface area contributed by atoms with Crippen molar-refractivity contribution in [2.75, 3.05) is 12.3 Å². The van der Waals surface area contributed by atoms with Gasteiger partial charge in [-0.1, -0.05) is 17.5 Å². The number of hydrogen-bond acceptors (Lipinski definition) is 11. The van der Waals surface area contributed by atoms with Gasteiger partial charge in [0.25, 0.3) is 0 Å². The summed E-state index contributed by atoms with van der Waals surface area (Å²) in [6, 6.07) is 0. The highest BCUT2D eigenvalue weighted by molar-refractivity contribution is 7.66. The van der Waals surface area contributed by atoms with Crippen LogP contribution < -0.4 is 11.4 Å². The Balaban J connectivity index is 2.39. The Morgan fingerprint density at radius 1 is 1.38 bits per heavy atom. The van der Waals surface area contributed by atoms with E-state index in [2.05, 4.69) is 18.1 Å². The average Bonchev–Trinajstić information content (AvgIpc) is 2.87. The van der Waals surface area contributed by atoms with Gasteiger partial charge in [-0.2, -0.15) is 13.6 Å². The predicted octanol–water partition coefficient (Wildman–Crippen LogP) is -0.823. The van der Waals surface area contributed by atoms with E-state index in [0.717, 1.165) is 0 Å². The summed E-state index contributed by atoms with van der Waals surface area (Å²) in [4.78, 5) is 48.4. The molecule has 0 bridgehead atoms. The lowest BCUT2D eigenvalue weighted by molar-refractivity contribution is -0.0457. The molecule has 21 heteroatoms. The van der Waals surface area contributed by atoms with Crippen LogP contribution in [0.15, 0.2) is 11.0 Å². The van der Waals surface area contributed by atoms with Crippen molar-refractivity contribution in [1.29, 1.82) is 0 Å². The van der Waals surface area contributed by atoms with Crippen molar-refractivity contribution in [2.24, 2.45) is 0 Å². The van der Waals surface area contributed by atoms with E-state index >= 15 is 0 Å². The first-order chi connectivity index (χ1) is 15.1. The Morgan fingerprint density at radius 2 is 1.97 bits per heavy atom. The maximum atomic E-state index is 13.8. The van der Waals surface area contributed by atoms with Crippen LogP contribution in [0, 0.1) is 18.2 Å². The zero-order valence-corrected chi connectivity index (χ0v) is 18.4. The van der Waals surface area contributed by atoms with Gasteiger partial charge in [-0.15, -0.1) is 6.42 Å². The first-order valence-electron chi connectivity index (χ1n) is 8.53. The number of phosphoric ester groups is 1. The first kappa shape index (κ1) is 23.9. The van der Waals surface area contributed by atoms with Gasteiger partial charge in [0.2, 0.25) is 0 Å². The lowest BCUT2D eigenvalue weighted by atomic mass is 9.99. The van der Waals surface area contributed by atoms with Crippen molar-refractivity contribution in [3.63, 3.8) is 0 Å². The molecule has 180 valence electrons. The third kappa shape index (κ3) is 6.22. The zero-order chi connectivity index (χ0) is 26.5. The van der Waals surface area contributed by atoms with Crippen LogP contribution >= 0.6 is 35.1 Å². The molecule has 0 saturated carbocycles. The molecular formula is C11H14ClFN3O13P3. The van der Waals surface area contributed by atoms with Gasteiger partial charge in [0.05, 0.1) is 15.5 Å². The number of rotatable bonds is 8. The topological polar surface area (TPSA) is 250 Å². The molecule has 0 radical (unpaired) electrons. The molecule has 1 fully saturated rings. The Hall–Kier alpha value is -1.21. The molecule has 0 amide bonds. The number of halogens is 2. The van der Waals surface area contributed by atoms with E-state index in [0.29, 0.717) is 10.8 Å². The van der Waals surface area contributed by atoms with Crippen LogP contribution in [0.5, 0.6) is 0 Å². The van der Waals surface area contributed by atoms with Gasteiger partial charge in [0.15, 0.2) is 22.7 Å². The summed E-state index contributed by atoms with van der Waals surface area (Å²) < 4.78 is 79.8. The summed E-state index contributed by atoms with van der Waals surface area (Å²) in [5, 5.41) is 10.5. The monoisotopic (exact) mass is 545 g/mol. The molecule has 0 aromatic carbocycles. The van der Waals surface area contributed by atoms with Gasteiger partial charge in [-0.25, -0.2) is 22.9 Å². The predicted molar refractivity (Wildman–Crippen MR) is 100 cm³/mol. The largest absolute Gasteiger partial charge is 0.490 e. The lowest BCUT2D eigenvalue weighted by Crippen LogP contribution is -2.43. The number of phosphoric acid groups is 3. The molecule has 6 atom stereocenters. The van der Waals surface area contributed by atoms with Crippen molar-refractivity contribution in [1.82, 2.24) is 9.55 Å². The maximum absolute atomic E-state index is 13.8. The van der Waals surface area contributed by atoms with E-state index in [1.807, 2.05) is 0 Å². The second kappa shape index (κ2) is 9.21. The first-order valence-corrected chi connectivity index (χ1v) is 12.4. The van der Waals surface area contributed by atoms with Gasteiger partial charge < -0.3 is 35.2 Å². The van der Waals surface area contributed by atoms with Crippen LogP contribution in [-0.4, -0.2) is 57.9 Å². The molecule has 3 unspecified atom stereocenters. The summed E-state index contributed by atoms with van der Waals surface area (Å²) in [5.74, 6) is -0.301. The van der Waals surface area contributed by atoms with Gasteiger partial charge >= 0.3 is 29.2 Å². The van der Waals surface area contributed by atoms with Gasteiger partial charge in [-0.3, -0.25) is 9.09 Å². The standard InChI is InChI=1S/C11H14ClFN3O13P3/c1-2-11(12)7(17)6(27-9(11)16-3-5(13)8(14)15-10(16)18)4-26-31(22,23)29-32(24,25)28-30(19,20)21/h1,3,6-7,9,17H,4H2,(H,22,23)(H,24,25)(H2,14,15,18)(H2,19,20,21)/t6-,7+,9-,11?/m1/s1/i4D2. The van der Waals surface area contributed by atoms with Crippen molar-refractivity contribution in [3.05, 3.63) is 22.5 Å². The number of aliphatic hydroxyl groups is 1. The molecule has 1 aromatic heterocycles. The number of aromatic nitrogens is 2. The summed E-state index contributed by atoms with van der Waals surface area (Å²) in [5.41, 5.74) is 3.84. The fraction of sp³-hybridized carbons (Fsp3) is 0.455. The van der Waals surface area contributed by atoms with E-state index in [1.165, 1.54) is 0 Å². The zero-order valence-electron chi connectivity index (χ0n) is 17.0. The fourth-order valence-electron chi connectivity index (χ4n) is 2.24. The van der Waals surface area contributed by atoms with Crippen LogP contribution in [0.4, 0.5) is 10.2 Å². The number of ether oxygens (including phenoxy) is 1. The Kier molecular flexibility index (Phi) is 6.88. The second-order valence-electron chi connectivity index (χ2n) is 5.73. The third-order valence-corrected chi connectivity index (χ3v) is 7.64. The van der Waals surface area contributed by atoms with Crippen molar-refractivity contribution < 1.29 is 63.4 Å². The third-order valence-electron chi connectivity index (χ3n) is 3.46. The quantitative estimate of drug-likeness (QED) is 0.132. The molecule has 1 saturated heterocycles. The Bertz CT molecular complexity index is 1220. The molecule has 2 heterocycles. The van der Waals surface area contributed by atoms with Gasteiger partial charge in [0.1, 0.15) is 12.2 Å². The Morgan fingerprint density at radius 3 is 2.50 bits per heavy atom. The van der Waals surface area contributed by atoms with Crippen LogP contribution in [0.1, 0.15) is 8.97 Å². The van der Waals surface area contributed by atoms with Crippen molar-refractivity contribution in [3.8, 4) is 12.3 Å². The number of anilines is 1. The van der Waals surface area contributed by atoms with Gasteiger partial charge in [-0.05, 0) is 0 Å². The van der Waals surface area contributed by atoms with E-state index < -0.39 is 70.7 Å². The minimum atomic E-state index is -6.07. The normalized spacial score (nSPS) is 31.1. The molecule has 1 aliphatic heterocycles. The van der Waals surface area contributed by atoms with Crippen LogP contribution in [0.25, 0.3) is 0 Å². The smallest absolute Gasteiger partial charge is 0.387 e. The highest BCUT2D eigenvalue weighted by Gasteiger charge is 2.56. The Labute approximate surface area is 184 Å². The number of aliphatic hydroxyl groups excluding tert-OH is 1. The molecule has 1 aromatic rings. The highest BCUT2D eigenvalue weighted by atomic mass is 35.5. The summed E-state index contributed by atoms with van der Waals surface area (Å²) in [7, 11) is -17.8. The molecule has 7 N–H and O–H groups in total. The SMILES string of the molecule is [2H]C([2H])(OP(=O)(O)OP(=O)(O)OP(=O)(O)O)[C@H]1O[C@@H](n2cc(F)c(N)nc2=O)C(Cl)(C#C)[C@H]1O. The number of nitrogen functional groups attached to an aromatic ring is 1. The summed E-state index contributed by atoms with van der Waals surface area (Å²) >= 11 is 6.09. The molecule has 0 spiro atoms. The van der Waals surface area contributed by atoms with E-state index in [-0.39, 0.29) is 0 Å². The molecule has 2 rings (SSSR count). The van der Waals surface area contributed by atoms with Crippen LogP contribution in [0.3, 0.4) is 0 Å². The van der Waals surface area contributed by atoms with Crippen molar-refractivity contribution >= 4 is 40.9 Å². The van der Waals surface area contributed by atoms with Crippen molar-refractivity contribution in [2.45, 2.75) is 23.3 Å². The van der Waals surface area contributed by atoms with E-state index in [4.69, 9.17) is 45.9 Å². The number of nitrogens with two attached hydrogens (primary N) is 1. The van der Waals surface area contributed by atoms with E-state index in [1.54, 1.807) is 5.92 Å². The molecular weight excluding hydrogens is 530 g/mol. The molecule has 0 aliphatic carbocycles. The second-order valence-corrected chi connectivity index (χ2v) is 10.7. The average molecular weight is 546 g/mol. The molecule has 16 nitrogen and oxygen atoms in total.